The van der Waals surface area contributed by atoms with E-state index in [-0.39, 0.29) is 0 Å². The Morgan fingerprint density at radius 3 is 3.27 bits per heavy atom. The van der Waals surface area contributed by atoms with Crippen molar-refractivity contribution in [2.75, 3.05) is 6.26 Å². The summed E-state index contributed by atoms with van der Waals surface area (Å²) in [6, 6.07) is 2.03. The maximum absolute atomic E-state index is 4.32. The van der Waals surface area contributed by atoms with Crippen LogP contribution in [-0.2, 0) is 0 Å². The summed E-state index contributed by atoms with van der Waals surface area (Å²) >= 11 is 3.22. The minimum Gasteiger partial charge on any atom is -0.230 e. The molecule has 0 fully saturated rings. The van der Waals surface area contributed by atoms with Crippen molar-refractivity contribution in [1.82, 2.24) is 9.97 Å². The summed E-state index contributed by atoms with van der Waals surface area (Å²) in [6.45, 7) is 0. The second kappa shape index (κ2) is 2.79. The Bertz CT molecular complexity index is 369. The third-order valence-electron chi connectivity index (χ3n) is 1.37. The molecule has 0 saturated carbocycles. The Balaban J connectivity index is 2.67. The van der Waals surface area contributed by atoms with E-state index in [2.05, 4.69) is 9.97 Å². The standard InChI is InChI=1S/C7H6N2S2/c1-10-7-8-4-5-2-3-11-6(5)9-7/h2-4H,1H3. The van der Waals surface area contributed by atoms with Crippen molar-refractivity contribution in [1.29, 1.82) is 0 Å². The topological polar surface area (TPSA) is 25.8 Å². The van der Waals surface area contributed by atoms with Crippen LogP contribution in [-0.4, -0.2) is 16.2 Å². The van der Waals surface area contributed by atoms with Gasteiger partial charge in [-0.1, -0.05) is 11.8 Å². The monoisotopic (exact) mass is 182 g/mol. The molecule has 2 heterocycles. The van der Waals surface area contributed by atoms with Gasteiger partial charge in [-0.05, 0) is 17.7 Å². The van der Waals surface area contributed by atoms with Gasteiger partial charge in [-0.2, -0.15) is 0 Å². The van der Waals surface area contributed by atoms with Crippen LogP contribution in [0.25, 0.3) is 10.2 Å². The number of hydrogen-bond acceptors (Lipinski definition) is 4. The van der Waals surface area contributed by atoms with Crippen molar-refractivity contribution in [2.24, 2.45) is 0 Å². The number of rotatable bonds is 1. The number of thioether (sulfide) groups is 1. The predicted molar refractivity (Wildman–Crippen MR) is 49.2 cm³/mol. The highest BCUT2D eigenvalue weighted by Crippen LogP contribution is 2.19. The van der Waals surface area contributed by atoms with E-state index in [1.165, 1.54) is 0 Å². The molecular weight excluding hydrogens is 176 g/mol. The normalized spacial score (nSPS) is 10.6. The van der Waals surface area contributed by atoms with Gasteiger partial charge in [-0.3, -0.25) is 0 Å². The minimum atomic E-state index is 0.847. The molecule has 0 unspecified atom stereocenters. The van der Waals surface area contributed by atoms with Gasteiger partial charge in [-0.15, -0.1) is 11.3 Å². The molecule has 0 saturated heterocycles. The lowest BCUT2D eigenvalue weighted by Gasteiger charge is -1.91. The van der Waals surface area contributed by atoms with E-state index >= 15 is 0 Å². The highest BCUT2D eigenvalue weighted by Gasteiger charge is 1.97. The van der Waals surface area contributed by atoms with E-state index in [1.54, 1.807) is 23.1 Å². The lowest BCUT2D eigenvalue weighted by molar-refractivity contribution is 1.01. The average molecular weight is 182 g/mol. The zero-order valence-corrected chi connectivity index (χ0v) is 7.58. The fraction of sp³-hybridized carbons (Fsp3) is 0.143. The lowest BCUT2D eigenvalue weighted by Crippen LogP contribution is -1.81. The first-order chi connectivity index (χ1) is 5.40. The summed E-state index contributed by atoms with van der Waals surface area (Å²) in [5, 5.41) is 4.01. The number of thiophene rings is 1. The van der Waals surface area contributed by atoms with Crippen molar-refractivity contribution < 1.29 is 0 Å². The highest BCUT2D eigenvalue weighted by atomic mass is 32.2. The van der Waals surface area contributed by atoms with Crippen molar-refractivity contribution in [3.63, 3.8) is 0 Å². The summed E-state index contributed by atoms with van der Waals surface area (Å²) in [5.74, 6) is 0. The van der Waals surface area contributed by atoms with E-state index in [9.17, 15) is 0 Å². The molecule has 0 spiro atoms. The SMILES string of the molecule is CSc1ncc2ccsc2n1. The van der Waals surface area contributed by atoms with Crippen molar-refractivity contribution in [2.45, 2.75) is 5.16 Å². The number of fused-ring (bicyclic) bond motifs is 1. The fourth-order valence-corrected chi connectivity index (χ4v) is 1.98. The first-order valence-electron chi connectivity index (χ1n) is 3.14. The molecule has 0 aliphatic rings. The molecule has 2 rings (SSSR count). The molecule has 2 aromatic rings. The molecule has 0 N–H and O–H groups in total. The molecule has 0 aliphatic heterocycles. The summed E-state index contributed by atoms with van der Waals surface area (Å²) in [4.78, 5) is 9.55. The van der Waals surface area contributed by atoms with Crippen LogP contribution in [0.4, 0.5) is 0 Å². The average Bonchev–Trinajstić information content (AvgIpc) is 2.50. The van der Waals surface area contributed by atoms with Gasteiger partial charge in [-0.25, -0.2) is 9.97 Å². The molecule has 2 nitrogen and oxygen atoms in total. The van der Waals surface area contributed by atoms with Gasteiger partial charge in [0, 0.05) is 11.6 Å². The summed E-state index contributed by atoms with van der Waals surface area (Å²) < 4.78 is 0. The Morgan fingerprint density at radius 1 is 1.55 bits per heavy atom. The van der Waals surface area contributed by atoms with Crippen molar-refractivity contribution >= 4 is 33.3 Å². The van der Waals surface area contributed by atoms with Crippen LogP contribution in [0.5, 0.6) is 0 Å². The molecule has 0 bridgehead atoms. The molecule has 0 radical (unpaired) electrons. The van der Waals surface area contributed by atoms with Gasteiger partial charge >= 0.3 is 0 Å². The highest BCUT2D eigenvalue weighted by molar-refractivity contribution is 7.98. The Kier molecular flexibility index (Phi) is 1.79. The van der Waals surface area contributed by atoms with Crippen molar-refractivity contribution in [3.8, 4) is 0 Å². The Morgan fingerprint density at radius 2 is 2.45 bits per heavy atom. The van der Waals surface area contributed by atoms with Gasteiger partial charge < -0.3 is 0 Å². The zero-order valence-electron chi connectivity index (χ0n) is 5.94. The van der Waals surface area contributed by atoms with Gasteiger partial charge in [0.05, 0.1) is 0 Å². The van der Waals surface area contributed by atoms with E-state index in [1.807, 2.05) is 23.9 Å². The van der Waals surface area contributed by atoms with Crippen molar-refractivity contribution in [3.05, 3.63) is 17.6 Å². The summed E-state index contributed by atoms with van der Waals surface area (Å²) in [5.41, 5.74) is 0. The van der Waals surface area contributed by atoms with Crippen LogP contribution in [0, 0.1) is 0 Å². The van der Waals surface area contributed by atoms with Gasteiger partial charge in [0.1, 0.15) is 4.83 Å². The maximum Gasteiger partial charge on any atom is 0.188 e. The first-order valence-corrected chi connectivity index (χ1v) is 5.25. The first kappa shape index (κ1) is 7.06. The molecule has 11 heavy (non-hydrogen) atoms. The zero-order chi connectivity index (χ0) is 7.68. The van der Waals surface area contributed by atoms with E-state index < -0.39 is 0 Å². The quantitative estimate of drug-likeness (QED) is 0.500. The lowest BCUT2D eigenvalue weighted by atomic mass is 10.4. The van der Waals surface area contributed by atoms with E-state index in [4.69, 9.17) is 0 Å². The van der Waals surface area contributed by atoms with Crippen LogP contribution < -0.4 is 0 Å². The number of nitrogens with zero attached hydrogens (tertiary/aromatic N) is 2. The predicted octanol–water partition coefficient (Wildman–Crippen LogP) is 2.41. The molecule has 0 aliphatic carbocycles. The van der Waals surface area contributed by atoms with E-state index in [0.29, 0.717) is 0 Å². The Hall–Kier alpha value is -0.610. The maximum atomic E-state index is 4.32. The molecule has 0 aromatic carbocycles. The van der Waals surface area contributed by atoms with Gasteiger partial charge in [0.25, 0.3) is 0 Å². The molecular formula is C7H6N2S2. The molecule has 4 heteroatoms. The summed E-state index contributed by atoms with van der Waals surface area (Å²) in [7, 11) is 0. The third-order valence-corrected chi connectivity index (χ3v) is 2.75. The van der Waals surface area contributed by atoms with Crippen LogP contribution in [0.15, 0.2) is 22.8 Å². The molecule has 56 valence electrons. The van der Waals surface area contributed by atoms with Crippen LogP contribution in [0.1, 0.15) is 0 Å². The number of aromatic nitrogens is 2. The van der Waals surface area contributed by atoms with Crippen LogP contribution in [0.3, 0.4) is 0 Å². The van der Waals surface area contributed by atoms with Gasteiger partial charge in [0.15, 0.2) is 5.16 Å². The Labute approximate surface area is 72.7 Å². The third kappa shape index (κ3) is 1.23. The van der Waals surface area contributed by atoms with Crippen LogP contribution in [0.2, 0.25) is 0 Å². The summed E-state index contributed by atoms with van der Waals surface area (Å²) in [6.07, 6.45) is 3.85. The van der Waals surface area contributed by atoms with E-state index in [0.717, 1.165) is 15.4 Å². The largest absolute Gasteiger partial charge is 0.230 e. The molecule has 0 amide bonds. The molecule has 2 aromatic heterocycles. The van der Waals surface area contributed by atoms with Crippen LogP contribution >= 0.6 is 23.1 Å². The second-order valence-corrected chi connectivity index (χ2v) is 3.71. The molecule has 0 atom stereocenters. The smallest absolute Gasteiger partial charge is 0.188 e. The second-order valence-electron chi connectivity index (χ2n) is 2.04. The minimum absolute atomic E-state index is 0.847. The number of hydrogen-bond donors (Lipinski definition) is 0. The fourth-order valence-electron chi connectivity index (χ4n) is 0.839. The van der Waals surface area contributed by atoms with Gasteiger partial charge in [0.2, 0.25) is 0 Å².